The summed E-state index contributed by atoms with van der Waals surface area (Å²) in [5.74, 6) is 0.677. The summed E-state index contributed by atoms with van der Waals surface area (Å²) in [5, 5.41) is 3.05. The molecule has 1 fully saturated rings. The molecule has 2 aromatic carbocycles. The van der Waals surface area contributed by atoms with Gasteiger partial charge in [0.2, 0.25) is 10.0 Å². The van der Waals surface area contributed by atoms with E-state index in [1.165, 1.54) is 29.6 Å². The summed E-state index contributed by atoms with van der Waals surface area (Å²) in [6.07, 6.45) is 1.67. The third-order valence-corrected chi connectivity index (χ3v) is 7.36. The van der Waals surface area contributed by atoms with Gasteiger partial charge in [-0.1, -0.05) is 17.7 Å². The Labute approximate surface area is 182 Å². The summed E-state index contributed by atoms with van der Waals surface area (Å²) in [5.41, 5.74) is 0.919. The van der Waals surface area contributed by atoms with Gasteiger partial charge < -0.3 is 14.8 Å². The van der Waals surface area contributed by atoms with Gasteiger partial charge in [-0.25, -0.2) is 8.42 Å². The number of methoxy groups -OCH3 is 2. The molecular formula is C21H25ClN2O5S. The number of hydrogen-bond donors (Lipinski definition) is 1. The van der Waals surface area contributed by atoms with Crippen molar-refractivity contribution in [3.63, 3.8) is 0 Å². The van der Waals surface area contributed by atoms with Gasteiger partial charge in [0.25, 0.3) is 5.91 Å². The van der Waals surface area contributed by atoms with Gasteiger partial charge in [-0.05, 0) is 55.7 Å². The van der Waals surface area contributed by atoms with Crippen molar-refractivity contribution in [1.82, 2.24) is 9.62 Å². The van der Waals surface area contributed by atoms with Crippen LogP contribution in [0.15, 0.2) is 41.3 Å². The first-order valence-corrected chi connectivity index (χ1v) is 11.4. The van der Waals surface area contributed by atoms with Crippen LogP contribution in [0.25, 0.3) is 0 Å². The second-order valence-corrected chi connectivity index (χ2v) is 9.41. The van der Waals surface area contributed by atoms with Crippen LogP contribution in [0.3, 0.4) is 0 Å². The molecule has 7 nitrogen and oxygen atoms in total. The smallest absolute Gasteiger partial charge is 0.253 e. The lowest BCUT2D eigenvalue weighted by Gasteiger charge is -2.18. The van der Waals surface area contributed by atoms with Crippen LogP contribution < -0.4 is 14.8 Å². The van der Waals surface area contributed by atoms with Gasteiger partial charge >= 0.3 is 0 Å². The van der Waals surface area contributed by atoms with E-state index < -0.39 is 15.9 Å². The third-order valence-electron chi connectivity index (χ3n) is 5.14. The first-order chi connectivity index (χ1) is 14.3. The number of benzene rings is 2. The fraction of sp³-hybridized carbons (Fsp3) is 0.381. The van der Waals surface area contributed by atoms with Crippen LogP contribution >= 0.6 is 11.6 Å². The van der Waals surface area contributed by atoms with Crippen LogP contribution in [0, 0.1) is 0 Å². The second-order valence-electron chi connectivity index (χ2n) is 7.06. The molecule has 0 unspecified atom stereocenters. The van der Waals surface area contributed by atoms with Gasteiger partial charge in [0.1, 0.15) is 0 Å². The van der Waals surface area contributed by atoms with Crippen LogP contribution in [0.1, 0.15) is 41.7 Å². The minimum atomic E-state index is -3.64. The molecule has 30 heavy (non-hydrogen) atoms. The van der Waals surface area contributed by atoms with Crippen molar-refractivity contribution in [2.24, 2.45) is 0 Å². The van der Waals surface area contributed by atoms with Crippen LogP contribution in [0.5, 0.6) is 11.5 Å². The highest BCUT2D eigenvalue weighted by Crippen LogP contribution is 2.30. The van der Waals surface area contributed by atoms with Crippen molar-refractivity contribution in [2.75, 3.05) is 27.3 Å². The highest BCUT2D eigenvalue weighted by atomic mass is 35.5. The molecule has 0 aromatic heterocycles. The number of hydrogen-bond acceptors (Lipinski definition) is 5. The Bertz CT molecular complexity index is 1040. The molecule has 0 radical (unpaired) electrons. The average Bonchev–Trinajstić information content (AvgIpc) is 3.29. The maximum Gasteiger partial charge on any atom is 0.253 e. The largest absolute Gasteiger partial charge is 0.493 e. The number of ether oxygens (including phenoxy) is 2. The fourth-order valence-electron chi connectivity index (χ4n) is 3.40. The van der Waals surface area contributed by atoms with Crippen molar-refractivity contribution < 1.29 is 22.7 Å². The molecule has 0 saturated carbocycles. The molecule has 0 bridgehead atoms. The fourth-order valence-corrected chi connectivity index (χ4v) is 5.14. The first kappa shape index (κ1) is 22.4. The number of sulfonamides is 1. The number of carbonyl (C=O) groups excluding carboxylic acids is 1. The molecule has 1 aliphatic heterocycles. The molecule has 1 atom stereocenters. The van der Waals surface area contributed by atoms with E-state index in [1.54, 1.807) is 19.2 Å². The van der Waals surface area contributed by atoms with Gasteiger partial charge in [-0.2, -0.15) is 4.31 Å². The average molecular weight is 453 g/mol. The second kappa shape index (κ2) is 9.24. The Hall–Kier alpha value is -2.29. The van der Waals surface area contributed by atoms with E-state index in [0.717, 1.165) is 18.4 Å². The van der Waals surface area contributed by atoms with Crippen LogP contribution in [-0.2, 0) is 10.0 Å². The molecule has 0 aliphatic carbocycles. The Morgan fingerprint density at radius 1 is 1.07 bits per heavy atom. The van der Waals surface area contributed by atoms with Gasteiger partial charge in [0, 0.05) is 13.1 Å². The molecule has 1 amide bonds. The van der Waals surface area contributed by atoms with E-state index in [2.05, 4.69) is 5.32 Å². The maximum absolute atomic E-state index is 12.9. The number of rotatable bonds is 7. The lowest BCUT2D eigenvalue weighted by atomic mass is 10.1. The predicted octanol–water partition coefficient (Wildman–Crippen LogP) is 3.63. The predicted molar refractivity (Wildman–Crippen MR) is 115 cm³/mol. The minimum absolute atomic E-state index is 0.0673. The molecule has 1 saturated heterocycles. The normalized spacial score (nSPS) is 15.6. The number of nitrogens with one attached hydrogen (secondary N) is 1. The van der Waals surface area contributed by atoms with Crippen molar-refractivity contribution in [1.29, 1.82) is 0 Å². The standard InChI is InChI=1S/C21H25ClN2O5S/c1-14(15-6-9-19(28-2)20(12-15)29-3)23-21(25)17-13-16(7-8-18(17)22)30(26,27)24-10-4-5-11-24/h6-9,12-14H,4-5,10-11H2,1-3H3,(H,23,25)/t14-/m0/s1. The van der Waals surface area contributed by atoms with E-state index in [9.17, 15) is 13.2 Å². The van der Waals surface area contributed by atoms with E-state index in [1.807, 2.05) is 13.0 Å². The van der Waals surface area contributed by atoms with Gasteiger partial charge in [0.05, 0.1) is 35.7 Å². The first-order valence-electron chi connectivity index (χ1n) is 9.60. The monoisotopic (exact) mass is 452 g/mol. The molecular weight excluding hydrogens is 428 g/mol. The molecule has 3 rings (SSSR count). The van der Waals surface area contributed by atoms with E-state index >= 15 is 0 Å². The molecule has 162 valence electrons. The quantitative estimate of drug-likeness (QED) is 0.693. The summed E-state index contributed by atoms with van der Waals surface area (Å²) in [4.78, 5) is 12.9. The molecule has 1 N–H and O–H groups in total. The number of carbonyl (C=O) groups is 1. The summed E-state index contributed by atoms with van der Waals surface area (Å²) in [7, 11) is -0.556. The summed E-state index contributed by atoms with van der Waals surface area (Å²) < 4.78 is 37.6. The van der Waals surface area contributed by atoms with Crippen LogP contribution in [0.4, 0.5) is 0 Å². The highest BCUT2D eigenvalue weighted by Gasteiger charge is 2.28. The zero-order valence-corrected chi connectivity index (χ0v) is 18.7. The topological polar surface area (TPSA) is 84.9 Å². The van der Waals surface area contributed by atoms with Crippen molar-refractivity contribution in [3.8, 4) is 11.5 Å². The summed E-state index contributed by atoms with van der Waals surface area (Å²) in [6.45, 7) is 2.80. The van der Waals surface area contributed by atoms with Gasteiger partial charge in [0.15, 0.2) is 11.5 Å². The molecule has 1 heterocycles. The van der Waals surface area contributed by atoms with Crippen LogP contribution in [-0.4, -0.2) is 45.9 Å². The Kier molecular flexibility index (Phi) is 6.90. The Morgan fingerprint density at radius 3 is 2.37 bits per heavy atom. The lowest BCUT2D eigenvalue weighted by molar-refractivity contribution is 0.0939. The Balaban J connectivity index is 1.83. The summed E-state index contributed by atoms with van der Waals surface area (Å²) in [6, 6.07) is 9.21. The third kappa shape index (κ3) is 4.55. The number of amides is 1. The van der Waals surface area contributed by atoms with Gasteiger partial charge in [-0.15, -0.1) is 0 Å². The SMILES string of the molecule is COc1ccc([C@H](C)NC(=O)c2cc(S(=O)(=O)N3CCCC3)ccc2Cl)cc1OC. The van der Waals surface area contributed by atoms with E-state index in [4.69, 9.17) is 21.1 Å². The van der Waals surface area contributed by atoms with Crippen molar-refractivity contribution >= 4 is 27.5 Å². The molecule has 0 spiro atoms. The summed E-state index contributed by atoms with van der Waals surface area (Å²) >= 11 is 6.21. The molecule has 2 aromatic rings. The van der Waals surface area contributed by atoms with Gasteiger partial charge in [-0.3, -0.25) is 4.79 Å². The Morgan fingerprint density at radius 2 is 1.73 bits per heavy atom. The lowest BCUT2D eigenvalue weighted by Crippen LogP contribution is -2.29. The number of halogens is 1. The maximum atomic E-state index is 12.9. The van der Waals surface area contributed by atoms with E-state index in [-0.39, 0.29) is 21.5 Å². The van der Waals surface area contributed by atoms with Crippen LogP contribution in [0.2, 0.25) is 5.02 Å². The van der Waals surface area contributed by atoms with Crippen molar-refractivity contribution in [3.05, 3.63) is 52.5 Å². The minimum Gasteiger partial charge on any atom is -0.493 e. The zero-order valence-electron chi connectivity index (χ0n) is 17.1. The molecule has 9 heteroatoms. The number of nitrogens with zero attached hydrogens (tertiary/aromatic N) is 1. The zero-order chi connectivity index (χ0) is 21.9. The van der Waals surface area contributed by atoms with Crippen molar-refractivity contribution in [2.45, 2.75) is 30.7 Å². The molecule has 1 aliphatic rings. The van der Waals surface area contributed by atoms with E-state index in [0.29, 0.717) is 24.6 Å². The highest BCUT2D eigenvalue weighted by molar-refractivity contribution is 7.89.